The number of nitriles is 1. The second-order valence-electron chi connectivity index (χ2n) is 9.01. The zero-order valence-electron chi connectivity index (χ0n) is 21.4. The summed E-state index contributed by atoms with van der Waals surface area (Å²) in [6.07, 6.45) is 1.33. The van der Waals surface area contributed by atoms with Gasteiger partial charge >= 0.3 is 0 Å². The summed E-state index contributed by atoms with van der Waals surface area (Å²) in [5.41, 5.74) is 3.25. The molecule has 1 N–H and O–H groups in total. The number of nitrogens with one attached hydrogen (secondary N) is 1. The number of furan rings is 1. The fraction of sp³-hybridized carbons (Fsp3) is 0.133. The van der Waals surface area contributed by atoms with Gasteiger partial charge in [0, 0.05) is 22.8 Å². The molecule has 4 rings (SSSR count). The van der Waals surface area contributed by atoms with Gasteiger partial charge in [-0.25, -0.2) is 8.42 Å². The van der Waals surface area contributed by atoms with Gasteiger partial charge in [-0.15, -0.1) is 0 Å². The van der Waals surface area contributed by atoms with E-state index in [-0.39, 0.29) is 29.3 Å². The summed E-state index contributed by atoms with van der Waals surface area (Å²) in [5.74, 6) is 0.0471. The molecule has 0 fully saturated rings. The summed E-state index contributed by atoms with van der Waals surface area (Å²) in [6, 6.07) is 26.5. The van der Waals surface area contributed by atoms with E-state index >= 15 is 0 Å². The lowest BCUT2D eigenvalue weighted by Crippen LogP contribution is -2.30. The molecule has 0 spiro atoms. The number of rotatable bonds is 9. The van der Waals surface area contributed by atoms with Gasteiger partial charge in [0.2, 0.25) is 10.0 Å². The van der Waals surface area contributed by atoms with E-state index in [0.717, 1.165) is 21.2 Å². The molecule has 0 aliphatic carbocycles. The standard InChI is InChI=1S/C30H26BrN3O4S/c1-21-3-7-23(8-4-21)19-34(39(36,37)29-15-5-22(2)6-16-29)20-28-14-13-27(38-28)17-24(18-32)30(35)33-26-11-9-25(31)10-12-26/h3-17H,19-20H2,1-2H3,(H,33,35)/b24-17-. The van der Waals surface area contributed by atoms with Gasteiger partial charge < -0.3 is 9.73 Å². The van der Waals surface area contributed by atoms with Gasteiger partial charge in [0.1, 0.15) is 23.2 Å². The minimum atomic E-state index is -3.86. The lowest BCUT2D eigenvalue weighted by molar-refractivity contribution is -0.112. The van der Waals surface area contributed by atoms with E-state index in [1.54, 1.807) is 60.7 Å². The lowest BCUT2D eigenvalue weighted by Gasteiger charge is -2.21. The number of amides is 1. The largest absolute Gasteiger partial charge is 0.460 e. The number of aryl methyl sites for hydroxylation is 2. The number of halogens is 1. The van der Waals surface area contributed by atoms with Gasteiger partial charge in [0.05, 0.1) is 11.4 Å². The highest BCUT2D eigenvalue weighted by molar-refractivity contribution is 9.10. The van der Waals surface area contributed by atoms with Crippen LogP contribution in [0.5, 0.6) is 0 Å². The van der Waals surface area contributed by atoms with Gasteiger partial charge in [-0.05, 0) is 67.9 Å². The first-order chi connectivity index (χ1) is 18.6. The summed E-state index contributed by atoms with van der Waals surface area (Å²) >= 11 is 3.34. The highest BCUT2D eigenvalue weighted by Gasteiger charge is 2.26. The van der Waals surface area contributed by atoms with Crippen molar-refractivity contribution < 1.29 is 17.6 Å². The topological polar surface area (TPSA) is 103 Å². The smallest absolute Gasteiger partial charge is 0.266 e. The van der Waals surface area contributed by atoms with Gasteiger partial charge in [0.25, 0.3) is 5.91 Å². The molecule has 0 aliphatic rings. The molecule has 1 aromatic heterocycles. The zero-order valence-corrected chi connectivity index (χ0v) is 23.8. The van der Waals surface area contributed by atoms with Crippen LogP contribution in [0.15, 0.2) is 104 Å². The van der Waals surface area contributed by atoms with E-state index in [1.165, 1.54) is 10.4 Å². The summed E-state index contributed by atoms with van der Waals surface area (Å²) in [5, 5.41) is 12.2. The fourth-order valence-electron chi connectivity index (χ4n) is 3.74. The molecule has 1 amide bonds. The van der Waals surface area contributed by atoms with Crippen LogP contribution in [0.25, 0.3) is 6.08 Å². The first-order valence-electron chi connectivity index (χ1n) is 12.0. The van der Waals surface area contributed by atoms with Crippen LogP contribution in [0, 0.1) is 25.2 Å². The quantitative estimate of drug-likeness (QED) is 0.171. The second kappa shape index (κ2) is 12.3. The molecule has 0 saturated heterocycles. The normalized spacial score (nSPS) is 11.8. The van der Waals surface area contributed by atoms with E-state index in [9.17, 15) is 18.5 Å². The highest BCUT2D eigenvalue weighted by Crippen LogP contribution is 2.24. The minimum absolute atomic E-state index is 0.0368. The molecule has 0 unspecified atom stereocenters. The Labute approximate surface area is 236 Å². The molecule has 1 heterocycles. The molecule has 0 radical (unpaired) electrons. The first-order valence-corrected chi connectivity index (χ1v) is 14.3. The van der Waals surface area contributed by atoms with Crippen LogP contribution < -0.4 is 5.32 Å². The van der Waals surface area contributed by atoms with Crippen molar-refractivity contribution in [2.45, 2.75) is 31.8 Å². The van der Waals surface area contributed by atoms with Crippen molar-refractivity contribution in [3.8, 4) is 6.07 Å². The fourth-order valence-corrected chi connectivity index (χ4v) is 5.39. The van der Waals surface area contributed by atoms with Gasteiger partial charge in [-0.1, -0.05) is 63.5 Å². The van der Waals surface area contributed by atoms with Gasteiger partial charge in [0.15, 0.2) is 0 Å². The average molecular weight is 605 g/mol. The van der Waals surface area contributed by atoms with E-state index in [0.29, 0.717) is 11.4 Å². The van der Waals surface area contributed by atoms with Crippen molar-refractivity contribution in [2.24, 2.45) is 0 Å². The van der Waals surface area contributed by atoms with Crippen molar-refractivity contribution >= 4 is 43.6 Å². The number of carbonyl (C=O) groups excluding carboxylic acids is 1. The monoisotopic (exact) mass is 603 g/mol. The molecule has 0 saturated carbocycles. The Bertz CT molecular complexity index is 1630. The average Bonchev–Trinajstić information content (AvgIpc) is 3.36. The SMILES string of the molecule is Cc1ccc(CN(Cc2ccc(/C=C(/C#N)C(=O)Nc3ccc(Br)cc3)o2)S(=O)(=O)c2ccc(C)cc2)cc1. The van der Waals surface area contributed by atoms with E-state index in [1.807, 2.05) is 44.2 Å². The molecule has 4 aromatic rings. The van der Waals surface area contributed by atoms with Crippen LogP contribution in [-0.2, 0) is 27.9 Å². The summed E-state index contributed by atoms with van der Waals surface area (Å²) < 4.78 is 35.3. The van der Waals surface area contributed by atoms with Crippen molar-refractivity contribution in [2.75, 3.05) is 5.32 Å². The van der Waals surface area contributed by atoms with E-state index in [2.05, 4.69) is 21.2 Å². The van der Waals surface area contributed by atoms with E-state index in [4.69, 9.17) is 4.42 Å². The van der Waals surface area contributed by atoms with Crippen molar-refractivity contribution in [3.63, 3.8) is 0 Å². The molecule has 0 aliphatic heterocycles. The maximum absolute atomic E-state index is 13.6. The molecule has 0 atom stereocenters. The van der Waals surface area contributed by atoms with Crippen LogP contribution in [0.3, 0.4) is 0 Å². The molecule has 39 heavy (non-hydrogen) atoms. The Balaban J connectivity index is 1.57. The number of carbonyl (C=O) groups is 1. The third kappa shape index (κ3) is 7.33. The lowest BCUT2D eigenvalue weighted by atomic mass is 10.1. The predicted molar refractivity (Wildman–Crippen MR) is 154 cm³/mol. The molecule has 198 valence electrons. The number of nitrogens with zero attached hydrogens (tertiary/aromatic N) is 2. The number of hydrogen-bond donors (Lipinski definition) is 1. The Kier molecular flexibility index (Phi) is 8.82. The highest BCUT2D eigenvalue weighted by atomic mass is 79.9. The number of sulfonamides is 1. The Morgan fingerprint density at radius 1 is 0.923 bits per heavy atom. The minimum Gasteiger partial charge on any atom is -0.460 e. The third-order valence-corrected chi connectivity index (χ3v) is 8.24. The number of hydrogen-bond acceptors (Lipinski definition) is 5. The maximum atomic E-state index is 13.6. The van der Waals surface area contributed by atoms with Gasteiger partial charge in [-0.3, -0.25) is 4.79 Å². The molecular formula is C30H26BrN3O4S. The number of anilines is 1. The molecule has 0 bridgehead atoms. The van der Waals surface area contributed by atoms with Crippen molar-refractivity contribution in [1.82, 2.24) is 4.31 Å². The second-order valence-corrected chi connectivity index (χ2v) is 11.9. The Morgan fingerprint density at radius 2 is 1.54 bits per heavy atom. The third-order valence-electron chi connectivity index (χ3n) is 5.91. The van der Waals surface area contributed by atoms with Crippen LogP contribution >= 0.6 is 15.9 Å². The van der Waals surface area contributed by atoms with Crippen molar-refractivity contribution in [1.29, 1.82) is 5.26 Å². The summed E-state index contributed by atoms with van der Waals surface area (Å²) in [4.78, 5) is 12.8. The van der Waals surface area contributed by atoms with Crippen molar-refractivity contribution in [3.05, 3.63) is 123 Å². The molecule has 3 aromatic carbocycles. The maximum Gasteiger partial charge on any atom is 0.266 e. The molecular weight excluding hydrogens is 578 g/mol. The number of benzene rings is 3. The first kappa shape index (κ1) is 28.0. The Hall–Kier alpha value is -3.97. The van der Waals surface area contributed by atoms with Crippen LogP contribution in [-0.4, -0.2) is 18.6 Å². The van der Waals surface area contributed by atoms with E-state index < -0.39 is 15.9 Å². The Morgan fingerprint density at radius 3 is 2.15 bits per heavy atom. The summed E-state index contributed by atoms with van der Waals surface area (Å²) in [6.45, 7) is 3.97. The zero-order chi connectivity index (χ0) is 28.0. The summed E-state index contributed by atoms with van der Waals surface area (Å²) in [7, 11) is -3.86. The predicted octanol–water partition coefficient (Wildman–Crippen LogP) is 6.60. The van der Waals surface area contributed by atoms with Gasteiger partial charge in [-0.2, -0.15) is 9.57 Å². The molecule has 7 nitrogen and oxygen atoms in total. The van der Waals surface area contributed by atoms with Crippen LogP contribution in [0.1, 0.15) is 28.2 Å². The van der Waals surface area contributed by atoms with Crippen LogP contribution in [0.2, 0.25) is 0 Å². The molecule has 9 heteroatoms. The van der Waals surface area contributed by atoms with Crippen LogP contribution in [0.4, 0.5) is 5.69 Å².